The summed E-state index contributed by atoms with van der Waals surface area (Å²) in [6.45, 7) is 4.67. The molecule has 10 rings (SSSR count). The van der Waals surface area contributed by atoms with Gasteiger partial charge in [-0.15, -0.1) is 0 Å². The summed E-state index contributed by atoms with van der Waals surface area (Å²) in [4.78, 5) is 15.6. The van der Waals surface area contributed by atoms with E-state index in [2.05, 4.69) is 184 Å². The van der Waals surface area contributed by atoms with E-state index in [1.165, 1.54) is 54.9 Å². The molecule has 1 aliphatic carbocycles. The zero-order valence-electron chi connectivity index (χ0n) is 29.6. The number of hydrogen-bond acceptors (Lipinski definition) is 3. The highest BCUT2D eigenvalue weighted by Gasteiger charge is 2.38. The Morgan fingerprint density at radius 1 is 0.358 bits per heavy atom. The summed E-state index contributed by atoms with van der Waals surface area (Å²) in [5.41, 5.74) is 12.5. The fourth-order valence-corrected chi connectivity index (χ4v) is 8.22. The fourth-order valence-electron chi connectivity index (χ4n) is 8.22. The predicted molar refractivity (Wildman–Crippen MR) is 220 cm³/mol. The van der Waals surface area contributed by atoms with Crippen LogP contribution in [0.4, 0.5) is 0 Å². The molecule has 0 aliphatic heterocycles. The number of benzene rings is 8. The molecule has 0 spiro atoms. The van der Waals surface area contributed by atoms with E-state index < -0.39 is 0 Å². The minimum atomic E-state index is -0.188. The van der Waals surface area contributed by atoms with Gasteiger partial charge in [-0.2, -0.15) is 0 Å². The van der Waals surface area contributed by atoms with Crippen molar-refractivity contribution in [3.63, 3.8) is 0 Å². The van der Waals surface area contributed by atoms with Crippen LogP contribution < -0.4 is 0 Å². The van der Waals surface area contributed by atoms with Crippen LogP contribution >= 0.6 is 0 Å². The Kier molecular flexibility index (Phi) is 7.16. The van der Waals surface area contributed by atoms with Crippen molar-refractivity contribution in [2.75, 3.05) is 0 Å². The molecule has 0 bridgehead atoms. The lowest BCUT2D eigenvalue weighted by atomic mass is 9.80. The Hall–Kier alpha value is -6.71. The molecule has 0 atom stereocenters. The van der Waals surface area contributed by atoms with E-state index in [0.29, 0.717) is 17.5 Å². The summed E-state index contributed by atoms with van der Waals surface area (Å²) < 4.78 is 0. The van der Waals surface area contributed by atoms with E-state index in [0.717, 1.165) is 27.8 Å². The van der Waals surface area contributed by atoms with Crippen molar-refractivity contribution < 1.29 is 0 Å². The maximum Gasteiger partial charge on any atom is 0.164 e. The van der Waals surface area contributed by atoms with Gasteiger partial charge in [0.1, 0.15) is 0 Å². The molecule has 8 aromatic carbocycles. The lowest BCUT2D eigenvalue weighted by molar-refractivity contribution is 0.666. The van der Waals surface area contributed by atoms with Gasteiger partial charge in [-0.25, -0.2) is 15.0 Å². The van der Waals surface area contributed by atoms with E-state index in [1.807, 2.05) is 6.07 Å². The van der Waals surface area contributed by atoms with Crippen LogP contribution in [0.3, 0.4) is 0 Å². The van der Waals surface area contributed by atoms with Crippen molar-refractivity contribution in [2.24, 2.45) is 0 Å². The number of nitrogens with zero attached hydrogens (tertiary/aromatic N) is 3. The predicted octanol–water partition coefficient (Wildman–Crippen LogP) is 12.8. The van der Waals surface area contributed by atoms with Gasteiger partial charge in [-0.05, 0) is 72.1 Å². The molecule has 1 aromatic heterocycles. The molecular weight excluding hydrogens is 643 g/mol. The molecule has 0 radical (unpaired) electrons. The summed E-state index contributed by atoms with van der Waals surface area (Å²) in [7, 11) is 0. The van der Waals surface area contributed by atoms with Crippen molar-refractivity contribution in [1.82, 2.24) is 15.0 Å². The highest BCUT2D eigenvalue weighted by atomic mass is 15.0. The van der Waals surface area contributed by atoms with Gasteiger partial charge in [0.25, 0.3) is 0 Å². The summed E-state index contributed by atoms with van der Waals surface area (Å²) in [5.74, 6) is 1.97. The second-order valence-electron chi connectivity index (χ2n) is 14.5. The van der Waals surface area contributed by atoms with Crippen molar-refractivity contribution in [3.8, 4) is 67.5 Å². The molecule has 0 saturated heterocycles. The Morgan fingerprint density at radius 2 is 0.887 bits per heavy atom. The highest BCUT2D eigenvalue weighted by Crippen LogP contribution is 2.54. The summed E-state index contributed by atoms with van der Waals surface area (Å²) in [5, 5.41) is 5.01. The molecule has 0 N–H and O–H groups in total. The van der Waals surface area contributed by atoms with Crippen molar-refractivity contribution in [1.29, 1.82) is 0 Å². The Morgan fingerprint density at radius 3 is 1.60 bits per heavy atom. The normalized spacial score (nSPS) is 12.9. The lowest BCUT2D eigenvalue weighted by Crippen LogP contribution is -2.15. The number of hydrogen-bond donors (Lipinski definition) is 0. The standard InChI is InChI=1S/C50H35N3/c1-50(2)44-18-10-17-43(45(44)42-30-29-36-14-8-9-16-41(36)46(42)50)49-52-47(37-24-19-34(20-25-37)32-11-4-3-5-12-32)51-48(53-49)38-26-21-35(22-27-38)40-28-23-33-13-6-7-15-39(33)31-40/h3-31H,1-2H3. The van der Waals surface area contributed by atoms with Gasteiger partial charge in [-0.3, -0.25) is 0 Å². The van der Waals surface area contributed by atoms with Crippen LogP contribution in [0, 0.1) is 0 Å². The SMILES string of the molecule is CC1(C)c2cccc(-c3nc(-c4ccc(-c5ccccc5)cc4)nc(-c4ccc(-c5ccc6ccccc6c5)cc4)n3)c2-c2ccc3ccccc3c21. The molecule has 0 saturated carbocycles. The van der Waals surface area contributed by atoms with Crippen LogP contribution in [0.25, 0.3) is 89.1 Å². The molecular formula is C50H35N3. The van der Waals surface area contributed by atoms with Crippen LogP contribution in [0.1, 0.15) is 25.0 Å². The summed E-state index contributed by atoms with van der Waals surface area (Å²) in [6, 6.07) is 62.5. The monoisotopic (exact) mass is 677 g/mol. The van der Waals surface area contributed by atoms with E-state index >= 15 is 0 Å². The van der Waals surface area contributed by atoms with E-state index in [-0.39, 0.29) is 5.41 Å². The van der Waals surface area contributed by atoms with Crippen molar-refractivity contribution in [2.45, 2.75) is 19.3 Å². The minimum Gasteiger partial charge on any atom is -0.208 e. The fraction of sp³-hybridized carbons (Fsp3) is 0.0600. The van der Waals surface area contributed by atoms with Gasteiger partial charge in [0.05, 0.1) is 0 Å². The third-order valence-corrected chi connectivity index (χ3v) is 10.9. The second kappa shape index (κ2) is 12.2. The third-order valence-electron chi connectivity index (χ3n) is 10.9. The first-order valence-corrected chi connectivity index (χ1v) is 18.2. The number of fused-ring (bicyclic) bond motifs is 6. The van der Waals surface area contributed by atoms with E-state index in [1.54, 1.807) is 0 Å². The maximum atomic E-state index is 5.25. The quantitative estimate of drug-likeness (QED) is 0.182. The van der Waals surface area contributed by atoms with Gasteiger partial charge in [0.15, 0.2) is 17.5 Å². The van der Waals surface area contributed by atoms with Gasteiger partial charge in [-0.1, -0.05) is 184 Å². The zero-order valence-corrected chi connectivity index (χ0v) is 29.6. The van der Waals surface area contributed by atoms with Crippen LogP contribution in [-0.4, -0.2) is 15.0 Å². The Bertz CT molecular complexity index is 2840. The van der Waals surface area contributed by atoms with Crippen LogP contribution in [-0.2, 0) is 5.41 Å². The first-order chi connectivity index (χ1) is 26.0. The largest absolute Gasteiger partial charge is 0.208 e. The molecule has 0 unspecified atom stereocenters. The van der Waals surface area contributed by atoms with Gasteiger partial charge < -0.3 is 0 Å². The average molecular weight is 678 g/mol. The molecule has 3 nitrogen and oxygen atoms in total. The molecule has 0 fully saturated rings. The first kappa shape index (κ1) is 31.1. The topological polar surface area (TPSA) is 38.7 Å². The van der Waals surface area contributed by atoms with Gasteiger partial charge >= 0.3 is 0 Å². The minimum absolute atomic E-state index is 0.188. The van der Waals surface area contributed by atoms with Crippen LogP contribution in [0.5, 0.6) is 0 Å². The Labute approximate surface area is 309 Å². The summed E-state index contributed by atoms with van der Waals surface area (Å²) >= 11 is 0. The Balaban J connectivity index is 1.13. The number of rotatable bonds is 5. The van der Waals surface area contributed by atoms with Gasteiger partial charge in [0, 0.05) is 22.1 Å². The third kappa shape index (κ3) is 5.24. The van der Waals surface area contributed by atoms with Gasteiger partial charge in [0.2, 0.25) is 0 Å². The second-order valence-corrected chi connectivity index (χ2v) is 14.5. The van der Waals surface area contributed by atoms with E-state index in [9.17, 15) is 0 Å². The van der Waals surface area contributed by atoms with Crippen LogP contribution in [0.15, 0.2) is 176 Å². The smallest absolute Gasteiger partial charge is 0.164 e. The van der Waals surface area contributed by atoms with E-state index in [4.69, 9.17) is 15.0 Å². The highest BCUT2D eigenvalue weighted by molar-refractivity contribution is 6.01. The molecule has 1 aliphatic rings. The lowest BCUT2D eigenvalue weighted by Gasteiger charge is -2.23. The molecule has 0 amide bonds. The maximum absolute atomic E-state index is 5.25. The zero-order chi connectivity index (χ0) is 35.5. The van der Waals surface area contributed by atoms with Crippen molar-refractivity contribution >= 4 is 21.5 Å². The molecule has 1 heterocycles. The van der Waals surface area contributed by atoms with Crippen LogP contribution in [0.2, 0.25) is 0 Å². The molecule has 9 aromatic rings. The average Bonchev–Trinajstić information content (AvgIpc) is 3.47. The number of aromatic nitrogens is 3. The van der Waals surface area contributed by atoms with Crippen molar-refractivity contribution in [3.05, 3.63) is 187 Å². The first-order valence-electron chi connectivity index (χ1n) is 18.2. The molecule has 3 heteroatoms. The summed E-state index contributed by atoms with van der Waals surface area (Å²) in [6.07, 6.45) is 0. The molecule has 53 heavy (non-hydrogen) atoms. The molecule has 250 valence electrons.